The van der Waals surface area contributed by atoms with Gasteiger partial charge in [0.15, 0.2) is 0 Å². The van der Waals surface area contributed by atoms with E-state index in [1.54, 1.807) is 62.4 Å². The average Bonchev–Trinajstić information content (AvgIpc) is 2.94. The van der Waals surface area contributed by atoms with Crippen LogP contribution in [0.2, 0.25) is 10.0 Å². The number of carbonyl (C=O) groups is 2. The van der Waals surface area contributed by atoms with E-state index in [0.29, 0.717) is 24.3 Å². The summed E-state index contributed by atoms with van der Waals surface area (Å²) in [6.07, 6.45) is 0.310. The number of sulfonamides is 1. The Morgan fingerprint density at radius 3 is 2.31 bits per heavy atom. The van der Waals surface area contributed by atoms with Gasteiger partial charge in [-0.25, -0.2) is 8.42 Å². The number of rotatable bonds is 12. The van der Waals surface area contributed by atoms with E-state index in [2.05, 4.69) is 5.32 Å². The van der Waals surface area contributed by atoms with Crippen molar-refractivity contribution < 1.29 is 22.7 Å². The summed E-state index contributed by atoms with van der Waals surface area (Å²) in [6, 6.07) is 18.6. The number of hydrogen-bond donors (Lipinski definition) is 1. The molecule has 0 bridgehead atoms. The minimum Gasteiger partial charge on any atom is -0.497 e. The summed E-state index contributed by atoms with van der Waals surface area (Å²) in [5, 5.41) is 2.89. The molecular weight excluding hydrogens is 561 g/mol. The first-order chi connectivity index (χ1) is 18.6. The van der Waals surface area contributed by atoms with Gasteiger partial charge in [0.2, 0.25) is 11.8 Å². The molecule has 0 fully saturated rings. The van der Waals surface area contributed by atoms with E-state index in [9.17, 15) is 18.0 Å². The van der Waals surface area contributed by atoms with Gasteiger partial charge >= 0.3 is 0 Å². The van der Waals surface area contributed by atoms with Gasteiger partial charge in [-0.1, -0.05) is 66.5 Å². The lowest BCUT2D eigenvalue weighted by atomic mass is 10.1. The first kappa shape index (κ1) is 30.3. The Labute approximate surface area is 239 Å². The maximum Gasteiger partial charge on any atom is 0.264 e. The van der Waals surface area contributed by atoms with Gasteiger partial charge < -0.3 is 15.0 Å². The lowest BCUT2D eigenvalue weighted by Gasteiger charge is -2.33. The number of nitrogens with zero attached hydrogens (tertiary/aromatic N) is 2. The second-order valence-corrected chi connectivity index (χ2v) is 11.2. The highest BCUT2D eigenvalue weighted by Gasteiger charge is 2.34. The molecule has 1 N–H and O–H groups in total. The zero-order chi connectivity index (χ0) is 28.6. The van der Waals surface area contributed by atoms with Gasteiger partial charge in [0.1, 0.15) is 18.3 Å². The van der Waals surface area contributed by atoms with Crippen molar-refractivity contribution in [2.24, 2.45) is 0 Å². The Hall–Kier alpha value is -3.27. The molecule has 3 rings (SSSR count). The molecule has 1 atom stereocenters. The van der Waals surface area contributed by atoms with Crippen LogP contribution in [0.25, 0.3) is 0 Å². The van der Waals surface area contributed by atoms with Crippen LogP contribution in [-0.2, 0) is 26.2 Å². The summed E-state index contributed by atoms with van der Waals surface area (Å²) >= 11 is 12.7. The first-order valence-corrected chi connectivity index (χ1v) is 14.6. The number of halogens is 2. The standard InChI is InChI=1S/C28H31Cl2N3O5S/c1-4-24(28(35)31-5-2)32(18-20-11-9-12-21(17-20)38-3)26(34)19-33(25-16-10-15-23(29)27(25)30)39(36,37)22-13-7-6-8-14-22/h6-17,24H,4-5,18-19H2,1-3H3,(H,31,35)/t24-/m1/s1. The largest absolute Gasteiger partial charge is 0.497 e. The number of hydrogen-bond acceptors (Lipinski definition) is 5. The fraction of sp³-hybridized carbons (Fsp3) is 0.286. The van der Waals surface area contributed by atoms with Crippen molar-refractivity contribution in [3.8, 4) is 5.75 Å². The quantitative estimate of drug-likeness (QED) is 0.314. The highest BCUT2D eigenvalue weighted by Crippen LogP contribution is 2.35. The second-order valence-electron chi connectivity index (χ2n) is 8.59. The Balaban J connectivity index is 2.10. The molecular formula is C28H31Cl2N3O5S. The highest BCUT2D eigenvalue weighted by atomic mass is 35.5. The monoisotopic (exact) mass is 591 g/mol. The number of methoxy groups -OCH3 is 1. The van der Waals surface area contributed by atoms with Crippen molar-refractivity contribution in [3.63, 3.8) is 0 Å². The molecule has 0 aliphatic heterocycles. The van der Waals surface area contributed by atoms with E-state index in [1.165, 1.54) is 36.3 Å². The van der Waals surface area contributed by atoms with Gasteiger partial charge in [0, 0.05) is 13.1 Å². The Morgan fingerprint density at radius 2 is 1.67 bits per heavy atom. The molecule has 0 radical (unpaired) electrons. The van der Waals surface area contributed by atoms with E-state index in [1.807, 2.05) is 0 Å². The first-order valence-electron chi connectivity index (χ1n) is 12.4. The topological polar surface area (TPSA) is 96.0 Å². The molecule has 0 saturated heterocycles. The zero-order valence-corrected chi connectivity index (χ0v) is 24.3. The van der Waals surface area contributed by atoms with Crippen LogP contribution in [-0.4, -0.2) is 51.4 Å². The molecule has 3 aromatic carbocycles. The Kier molecular flexibility index (Phi) is 10.6. The van der Waals surface area contributed by atoms with Crippen LogP contribution in [0.3, 0.4) is 0 Å². The summed E-state index contributed by atoms with van der Waals surface area (Å²) in [7, 11) is -2.71. The van der Waals surface area contributed by atoms with Crippen molar-refractivity contribution in [3.05, 3.63) is 88.4 Å². The molecule has 208 valence electrons. The van der Waals surface area contributed by atoms with E-state index in [4.69, 9.17) is 27.9 Å². The molecule has 11 heteroatoms. The third kappa shape index (κ3) is 7.23. The summed E-state index contributed by atoms with van der Waals surface area (Å²) in [4.78, 5) is 28.4. The van der Waals surface area contributed by atoms with Crippen molar-refractivity contribution in [1.29, 1.82) is 0 Å². The molecule has 39 heavy (non-hydrogen) atoms. The Bertz CT molecular complexity index is 1400. The van der Waals surface area contributed by atoms with Crippen LogP contribution >= 0.6 is 23.2 Å². The summed E-state index contributed by atoms with van der Waals surface area (Å²) in [6.45, 7) is 3.39. The lowest BCUT2D eigenvalue weighted by Crippen LogP contribution is -2.52. The number of ether oxygens (including phenoxy) is 1. The molecule has 0 unspecified atom stereocenters. The van der Waals surface area contributed by atoms with Gasteiger partial charge in [-0.15, -0.1) is 0 Å². The maximum atomic E-state index is 14.0. The number of carbonyl (C=O) groups excluding carboxylic acids is 2. The minimum absolute atomic E-state index is 0.0124. The normalized spacial score (nSPS) is 11.9. The Morgan fingerprint density at radius 1 is 0.974 bits per heavy atom. The van der Waals surface area contributed by atoms with Crippen LogP contribution in [0, 0.1) is 0 Å². The zero-order valence-electron chi connectivity index (χ0n) is 21.9. The average molecular weight is 593 g/mol. The van der Waals surface area contributed by atoms with Crippen LogP contribution in [0.5, 0.6) is 5.75 Å². The SMILES string of the molecule is CCNC(=O)[C@@H](CC)N(Cc1cccc(OC)c1)C(=O)CN(c1cccc(Cl)c1Cl)S(=O)(=O)c1ccccc1. The number of anilines is 1. The lowest BCUT2D eigenvalue weighted by molar-refractivity contribution is -0.140. The molecule has 3 aromatic rings. The maximum absolute atomic E-state index is 14.0. The molecule has 2 amide bonds. The predicted octanol–water partition coefficient (Wildman–Crippen LogP) is 5.14. The van der Waals surface area contributed by atoms with E-state index in [0.717, 1.165) is 4.31 Å². The van der Waals surface area contributed by atoms with E-state index >= 15 is 0 Å². The third-order valence-electron chi connectivity index (χ3n) is 6.03. The third-order valence-corrected chi connectivity index (χ3v) is 8.62. The van der Waals surface area contributed by atoms with Crippen LogP contribution < -0.4 is 14.4 Å². The van der Waals surface area contributed by atoms with E-state index < -0.39 is 28.5 Å². The molecule has 0 heterocycles. The van der Waals surface area contributed by atoms with Crippen LogP contribution in [0.15, 0.2) is 77.7 Å². The van der Waals surface area contributed by atoms with Crippen molar-refractivity contribution in [2.75, 3.05) is 24.5 Å². The highest BCUT2D eigenvalue weighted by molar-refractivity contribution is 7.92. The summed E-state index contributed by atoms with van der Waals surface area (Å²) in [5.74, 6) is -0.342. The predicted molar refractivity (Wildman–Crippen MR) is 154 cm³/mol. The number of nitrogens with one attached hydrogen (secondary N) is 1. The fourth-order valence-corrected chi connectivity index (χ4v) is 5.99. The van der Waals surface area contributed by atoms with Crippen LogP contribution in [0.4, 0.5) is 5.69 Å². The van der Waals surface area contributed by atoms with Crippen LogP contribution in [0.1, 0.15) is 25.8 Å². The number of benzene rings is 3. The molecule has 0 aliphatic carbocycles. The van der Waals surface area contributed by atoms with Gasteiger partial charge in [0.05, 0.1) is 27.7 Å². The van der Waals surface area contributed by atoms with Crippen molar-refractivity contribution in [1.82, 2.24) is 10.2 Å². The number of likely N-dealkylation sites (N-methyl/N-ethyl adjacent to an activating group) is 1. The smallest absolute Gasteiger partial charge is 0.264 e. The van der Waals surface area contributed by atoms with Gasteiger partial charge in [-0.3, -0.25) is 13.9 Å². The van der Waals surface area contributed by atoms with E-state index in [-0.39, 0.29) is 33.1 Å². The van der Waals surface area contributed by atoms with Gasteiger partial charge in [-0.2, -0.15) is 0 Å². The molecule has 0 saturated carbocycles. The minimum atomic E-state index is -4.25. The number of amides is 2. The fourth-order valence-electron chi connectivity index (χ4n) is 4.10. The summed E-state index contributed by atoms with van der Waals surface area (Å²) < 4.78 is 33.9. The molecule has 0 aliphatic rings. The van der Waals surface area contributed by atoms with Gasteiger partial charge in [0.25, 0.3) is 10.0 Å². The molecule has 0 aromatic heterocycles. The summed E-state index contributed by atoms with van der Waals surface area (Å²) in [5.41, 5.74) is 0.762. The molecule has 0 spiro atoms. The second kappa shape index (κ2) is 13.7. The molecule has 8 nitrogen and oxygen atoms in total. The van der Waals surface area contributed by atoms with Crippen molar-refractivity contribution in [2.45, 2.75) is 37.8 Å². The van der Waals surface area contributed by atoms with Crippen molar-refractivity contribution >= 4 is 50.7 Å². The van der Waals surface area contributed by atoms with Gasteiger partial charge in [-0.05, 0) is 55.3 Å².